The van der Waals surface area contributed by atoms with Crippen LogP contribution in [0, 0.1) is 20.8 Å². The van der Waals surface area contributed by atoms with Gasteiger partial charge < -0.3 is 4.74 Å². The third-order valence-corrected chi connectivity index (χ3v) is 4.09. The Bertz CT molecular complexity index is 490. The molecule has 0 saturated carbocycles. The van der Waals surface area contributed by atoms with E-state index in [9.17, 15) is 4.79 Å². The highest BCUT2D eigenvalue weighted by Gasteiger charge is 2.19. The Morgan fingerprint density at radius 3 is 2.60 bits per heavy atom. The molecule has 0 amide bonds. The summed E-state index contributed by atoms with van der Waals surface area (Å²) in [5, 5.41) is 0. The molecular weight excluding hydrogens is 250 g/mol. The van der Waals surface area contributed by atoms with Gasteiger partial charge in [-0.05, 0) is 63.4 Å². The highest BCUT2D eigenvalue weighted by molar-refractivity contribution is 5.99. The van der Waals surface area contributed by atoms with Gasteiger partial charge in [-0.1, -0.05) is 6.07 Å². The summed E-state index contributed by atoms with van der Waals surface area (Å²) in [6.07, 6.45) is 2.55. The standard InChI is InChI=1S/C17H25NO2/c1-12-8-14(3)16(9-13(12)2)17(19)11-18(4)10-15-6-5-7-20-15/h8-9,15H,5-7,10-11H2,1-4H3. The van der Waals surface area contributed by atoms with Crippen LogP contribution in [0.4, 0.5) is 0 Å². The molecule has 1 aliphatic heterocycles. The van der Waals surface area contributed by atoms with Crippen molar-refractivity contribution in [2.75, 3.05) is 26.7 Å². The van der Waals surface area contributed by atoms with E-state index in [4.69, 9.17) is 4.74 Å². The molecule has 0 aliphatic carbocycles. The van der Waals surface area contributed by atoms with Crippen LogP contribution in [0.2, 0.25) is 0 Å². The first-order valence-corrected chi connectivity index (χ1v) is 7.38. The lowest BCUT2D eigenvalue weighted by Crippen LogP contribution is -2.33. The fraction of sp³-hybridized carbons (Fsp3) is 0.588. The summed E-state index contributed by atoms with van der Waals surface area (Å²) in [6, 6.07) is 4.12. The fourth-order valence-electron chi connectivity index (χ4n) is 2.79. The van der Waals surface area contributed by atoms with Crippen LogP contribution in [-0.4, -0.2) is 43.5 Å². The van der Waals surface area contributed by atoms with Gasteiger partial charge in [0.1, 0.15) is 0 Å². The number of hydrogen-bond acceptors (Lipinski definition) is 3. The molecular formula is C17H25NO2. The van der Waals surface area contributed by atoms with E-state index >= 15 is 0 Å². The van der Waals surface area contributed by atoms with Crippen molar-refractivity contribution in [3.63, 3.8) is 0 Å². The minimum Gasteiger partial charge on any atom is -0.377 e. The van der Waals surface area contributed by atoms with Gasteiger partial charge in [0, 0.05) is 18.7 Å². The first-order valence-electron chi connectivity index (χ1n) is 7.38. The Kier molecular flexibility index (Phi) is 4.95. The number of rotatable bonds is 5. The molecule has 110 valence electrons. The van der Waals surface area contributed by atoms with Crippen LogP contribution in [0.15, 0.2) is 12.1 Å². The smallest absolute Gasteiger partial charge is 0.177 e. The second-order valence-corrected chi connectivity index (χ2v) is 6.01. The van der Waals surface area contributed by atoms with Crippen molar-refractivity contribution in [3.8, 4) is 0 Å². The van der Waals surface area contributed by atoms with Gasteiger partial charge in [0.2, 0.25) is 0 Å². The van der Waals surface area contributed by atoms with Crippen LogP contribution in [0.1, 0.15) is 39.9 Å². The molecule has 3 nitrogen and oxygen atoms in total. The number of nitrogens with zero attached hydrogens (tertiary/aromatic N) is 1. The molecule has 1 atom stereocenters. The maximum atomic E-state index is 12.4. The first kappa shape index (κ1) is 15.2. The third-order valence-electron chi connectivity index (χ3n) is 4.09. The largest absolute Gasteiger partial charge is 0.377 e. The van der Waals surface area contributed by atoms with Crippen LogP contribution < -0.4 is 0 Å². The molecule has 0 bridgehead atoms. The van der Waals surface area contributed by atoms with Gasteiger partial charge in [-0.25, -0.2) is 0 Å². The minimum absolute atomic E-state index is 0.200. The van der Waals surface area contributed by atoms with Crippen LogP contribution >= 0.6 is 0 Å². The Hall–Kier alpha value is -1.19. The van der Waals surface area contributed by atoms with E-state index in [-0.39, 0.29) is 5.78 Å². The quantitative estimate of drug-likeness (QED) is 0.774. The summed E-state index contributed by atoms with van der Waals surface area (Å²) in [5.41, 5.74) is 4.35. The first-order chi connectivity index (χ1) is 9.47. The monoisotopic (exact) mass is 275 g/mol. The Labute approximate surface area is 121 Å². The van der Waals surface area contributed by atoms with Crippen molar-refractivity contribution in [2.45, 2.75) is 39.7 Å². The van der Waals surface area contributed by atoms with Gasteiger partial charge in [-0.15, -0.1) is 0 Å². The molecule has 1 aromatic carbocycles. The lowest BCUT2D eigenvalue weighted by Gasteiger charge is -2.20. The van der Waals surface area contributed by atoms with E-state index in [0.29, 0.717) is 12.6 Å². The van der Waals surface area contributed by atoms with Crippen molar-refractivity contribution >= 4 is 5.78 Å². The minimum atomic E-state index is 0.200. The number of benzene rings is 1. The molecule has 1 fully saturated rings. The van der Waals surface area contributed by atoms with E-state index in [1.165, 1.54) is 11.1 Å². The molecule has 0 spiro atoms. The van der Waals surface area contributed by atoms with Crippen LogP contribution in [-0.2, 0) is 4.74 Å². The predicted molar refractivity (Wildman–Crippen MR) is 81.5 cm³/mol. The summed E-state index contributed by atoms with van der Waals surface area (Å²) in [7, 11) is 2.00. The molecule has 2 rings (SSSR count). The van der Waals surface area contributed by atoms with E-state index in [2.05, 4.69) is 24.8 Å². The highest BCUT2D eigenvalue weighted by Crippen LogP contribution is 2.17. The average molecular weight is 275 g/mol. The fourth-order valence-corrected chi connectivity index (χ4v) is 2.79. The summed E-state index contributed by atoms with van der Waals surface area (Å²) in [5.74, 6) is 0.200. The summed E-state index contributed by atoms with van der Waals surface area (Å²) >= 11 is 0. The number of carbonyl (C=O) groups excluding carboxylic acids is 1. The normalized spacial score (nSPS) is 18.8. The number of aryl methyl sites for hydroxylation is 3. The van der Waals surface area contributed by atoms with Gasteiger partial charge in [0.05, 0.1) is 12.6 Å². The van der Waals surface area contributed by atoms with E-state index in [1.807, 2.05) is 20.0 Å². The molecule has 0 N–H and O–H groups in total. The topological polar surface area (TPSA) is 29.5 Å². The van der Waals surface area contributed by atoms with Crippen LogP contribution in [0.3, 0.4) is 0 Å². The zero-order valence-electron chi connectivity index (χ0n) is 13.0. The maximum Gasteiger partial charge on any atom is 0.177 e. The van der Waals surface area contributed by atoms with Crippen molar-refractivity contribution in [2.24, 2.45) is 0 Å². The van der Waals surface area contributed by atoms with E-state index in [0.717, 1.165) is 37.1 Å². The van der Waals surface area contributed by atoms with Gasteiger partial charge >= 0.3 is 0 Å². The number of hydrogen-bond donors (Lipinski definition) is 0. The molecule has 0 aromatic heterocycles. The summed E-state index contributed by atoms with van der Waals surface area (Å²) in [4.78, 5) is 14.5. The average Bonchev–Trinajstić information content (AvgIpc) is 2.86. The molecule has 1 saturated heterocycles. The molecule has 1 aliphatic rings. The van der Waals surface area contributed by atoms with Gasteiger partial charge in [0.15, 0.2) is 5.78 Å². The highest BCUT2D eigenvalue weighted by atomic mass is 16.5. The summed E-state index contributed by atoms with van der Waals surface area (Å²) < 4.78 is 5.62. The van der Waals surface area contributed by atoms with E-state index in [1.54, 1.807) is 0 Å². The van der Waals surface area contributed by atoms with E-state index < -0.39 is 0 Å². The SMILES string of the molecule is Cc1cc(C)c(C(=O)CN(C)CC2CCCO2)cc1C. The van der Waals surface area contributed by atoms with Crippen molar-refractivity contribution in [3.05, 3.63) is 34.4 Å². The Morgan fingerprint density at radius 1 is 1.25 bits per heavy atom. The molecule has 1 aromatic rings. The van der Waals surface area contributed by atoms with Crippen molar-refractivity contribution < 1.29 is 9.53 Å². The van der Waals surface area contributed by atoms with Gasteiger partial charge in [-0.2, -0.15) is 0 Å². The molecule has 20 heavy (non-hydrogen) atoms. The second kappa shape index (κ2) is 6.51. The number of ether oxygens (including phenoxy) is 1. The van der Waals surface area contributed by atoms with Crippen LogP contribution in [0.25, 0.3) is 0 Å². The van der Waals surface area contributed by atoms with Crippen LogP contribution in [0.5, 0.6) is 0 Å². The molecule has 0 radical (unpaired) electrons. The molecule has 1 heterocycles. The number of carbonyl (C=O) groups is 1. The van der Waals surface area contributed by atoms with Gasteiger partial charge in [-0.3, -0.25) is 9.69 Å². The van der Waals surface area contributed by atoms with Gasteiger partial charge in [0.25, 0.3) is 0 Å². The van der Waals surface area contributed by atoms with Crippen molar-refractivity contribution in [1.82, 2.24) is 4.90 Å². The lowest BCUT2D eigenvalue weighted by molar-refractivity contribution is 0.0740. The molecule has 3 heteroatoms. The number of Topliss-reactive ketones (excluding diaryl/α,β-unsaturated/α-hetero) is 1. The third kappa shape index (κ3) is 3.68. The zero-order chi connectivity index (χ0) is 14.7. The summed E-state index contributed by atoms with van der Waals surface area (Å²) in [6.45, 7) is 8.32. The maximum absolute atomic E-state index is 12.4. The second-order valence-electron chi connectivity index (χ2n) is 6.01. The van der Waals surface area contributed by atoms with Crippen molar-refractivity contribution in [1.29, 1.82) is 0 Å². The Balaban J connectivity index is 1.98. The predicted octanol–water partition coefficient (Wildman–Crippen LogP) is 2.91. The lowest BCUT2D eigenvalue weighted by atomic mass is 9.98. The number of ketones is 1. The number of likely N-dealkylation sites (N-methyl/N-ethyl adjacent to an activating group) is 1. The Morgan fingerprint density at radius 2 is 1.95 bits per heavy atom. The zero-order valence-corrected chi connectivity index (χ0v) is 13.0. The molecule has 1 unspecified atom stereocenters.